The maximum absolute atomic E-state index is 12.3. The molecule has 0 aromatic heterocycles. The average Bonchev–Trinajstić information content (AvgIpc) is 2.54. The molecule has 3 rings (SSSR count). The number of hydrogen-bond acceptors (Lipinski definition) is 4. The van der Waals surface area contributed by atoms with E-state index in [1.54, 1.807) is 6.07 Å². The monoisotopic (exact) mass is 319 g/mol. The van der Waals surface area contributed by atoms with Crippen LogP contribution >= 0.6 is 23.5 Å². The van der Waals surface area contributed by atoms with E-state index < -0.39 is 0 Å². The van der Waals surface area contributed by atoms with Crippen LogP contribution in [0.15, 0.2) is 36.4 Å². The summed E-state index contributed by atoms with van der Waals surface area (Å²) in [5, 5.41) is 15.3. The summed E-state index contributed by atoms with van der Waals surface area (Å²) < 4.78 is 0. The number of nitrogens with one attached hydrogen (secondary N) is 1. The third-order valence-corrected chi connectivity index (χ3v) is 6.37. The quantitative estimate of drug-likeness (QED) is 0.912. The van der Waals surface area contributed by atoms with Gasteiger partial charge in [0, 0.05) is 34.4 Å². The van der Waals surface area contributed by atoms with Crippen LogP contribution < -0.4 is 5.32 Å². The van der Waals surface area contributed by atoms with Gasteiger partial charge in [-0.2, -0.15) is 23.5 Å². The maximum Gasteiger partial charge on any atom is 0.255 e. The minimum absolute atomic E-state index is 0.0660. The molecule has 0 saturated carbocycles. The van der Waals surface area contributed by atoms with Crippen LogP contribution in [0.25, 0.3) is 10.8 Å². The number of carbonyl (C=O) groups is 1. The molecule has 5 heteroatoms. The lowest BCUT2D eigenvalue weighted by Crippen LogP contribution is -2.33. The Kier molecular flexibility index (Phi) is 4.60. The summed E-state index contributed by atoms with van der Waals surface area (Å²) in [7, 11) is 0. The Morgan fingerprint density at radius 2 is 2.10 bits per heavy atom. The van der Waals surface area contributed by atoms with Gasteiger partial charge in [0.15, 0.2) is 0 Å². The smallest absolute Gasteiger partial charge is 0.255 e. The van der Waals surface area contributed by atoms with E-state index in [1.807, 2.05) is 53.9 Å². The van der Waals surface area contributed by atoms with Gasteiger partial charge in [0.05, 0.1) is 5.56 Å². The van der Waals surface area contributed by atoms with Gasteiger partial charge in [0.25, 0.3) is 5.91 Å². The van der Waals surface area contributed by atoms with E-state index in [0.29, 0.717) is 22.7 Å². The summed E-state index contributed by atoms with van der Waals surface area (Å²) in [5.74, 6) is 3.28. The zero-order valence-corrected chi connectivity index (χ0v) is 13.2. The lowest BCUT2D eigenvalue weighted by atomic mass is 10.0. The number of benzene rings is 2. The van der Waals surface area contributed by atoms with Gasteiger partial charge in [-0.15, -0.1) is 0 Å². The van der Waals surface area contributed by atoms with Gasteiger partial charge >= 0.3 is 0 Å². The van der Waals surface area contributed by atoms with Crippen LogP contribution in [0, 0.1) is 0 Å². The van der Waals surface area contributed by atoms with Gasteiger partial charge in [0.1, 0.15) is 5.75 Å². The van der Waals surface area contributed by atoms with E-state index in [0.717, 1.165) is 16.9 Å². The third kappa shape index (κ3) is 3.30. The summed E-state index contributed by atoms with van der Waals surface area (Å²) in [6, 6.07) is 11.1. The second kappa shape index (κ2) is 6.62. The highest BCUT2D eigenvalue weighted by atomic mass is 32.2. The zero-order valence-electron chi connectivity index (χ0n) is 11.5. The van der Waals surface area contributed by atoms with Crippen LogP contribution in [0.5, 0.6) is 5.75 Å². The molecule has 1 fully saturated rings. The van der Waals surface area contributed by atoms with Gasteiger partial charge in [0.2, 0.25) is 0 Å². The molecule has 3 nitrogen and oxygen atoms in total. The fourth-order valence-corrected chi connectivity index (χ4v) is 5.01. The Bertz CT molecular complexity index is 654. The number of phenolic OH excluding ortho intramolecular Hbond substituents is 1. The summed E-state index contributed by atoms with van der Waals surface area (Å²) in [4.78, 5) is 12.3. The molecule has 2 aromatic rings. The first-order valence-electron chi connectivity index (χ1n) is 6.94. The molecule has 1 amide bonds. The number of phenols is 1. The van der Waals surface area contributed by atoms with Crippen molar-refractivity contribution >= 4 is 40.2 Å². The number of fused-ring (bicyclic) bond motifs is 1. The number of amides is 1. The van der Waals surface area contributed by atoms with E-state index in [1.165, 1.54) is 5.75 Å². The fraction of sp³-hybridized carbons (Fsp3) is 0.312. The first-order valence-corrected chi connectivity index (χ1v) is 9.14. The molecule has 0 aliphatic carbocycles. The van der Waals surface area contributed by atoms with Gasteiger partial charge < -0.3 is 10.4 Å². The van der Waals surface area contributed by atoms with Gasteiger partial charge in [-0.1, -0.05) is 30.3 Å². The van der Waals surface area contributed by atoms with Crippen molar-refractivity contribution in [1.82, 2.24) is 5.32 Å². The Morgan fingerprint density at radius 1 is 1.24 bits per heavy atom. The predicted octanol–water partition coefficient (Wildman–Crippen LogP) is 3.12. The van der Waals surface area contributed by atoms with E-state index in [4.69, 9.17) is 0 Å². The summed E-state index contributed by atoms with van der Waals surface area (Å²) in [6.45, 7) is 0.656. The number of aromatic hydroxyl groups is 1. The van der Waals surface area contributed by atoms with Crippen molar-refractivity contribution in [3.8, 4) is 5.75 Å². The summed E-state index contributed by atoms with van der Waals surface area (Å²) in [5.41, 5.74) is 0.349. The number of carbonyl (C=O) groups excluding carboxylic acids is 1. The molecule has 21 heavy (non-hydrogen) atoms. The molecule has 0 radical (unpaired) electrons. The SMILES string of the molecule is O=C(NCC1CSCCS1)c1ccc2ccccc2c1O. The van der Waals surface area contributed by atoms with Gasteiger partial charge in [-0.05, 0) is 11.5 Å². The molecule has 1 unspecified atom stereocenters. The van der Waals surface area contributed by atoms with Gasteiger partial charge in [-0.25, -0.2) is 0 Å². The normalized spacial score (nSPS) is 18.6. The standard InChI is InChI=1S/C16H17NO2S2/c18-15-13-4-2-1-3-11(13)5-6-14(15)16(19)17-9-12-10-20-7-8-21-12/h1-6,12,18H,7-10H2,(H,17,19). The van der Waals surface area contributed by atoms with Crippen LogP contribution in [0.3, 0.4) is 0 Å². The second-order valence-electron chi connectivity index (χ2n) is 4.96. The van der Waals surface area contributed by atoms with Crippen LogP contribution in [0.1, 0.15) is 10.4 Å². The Labute approximate surface area is 132 Å². The molecule has 1 aliphatic heterocycles. The predicted molar refractivity (Wildman–Crippen MR) is 91.5 cm³/mol. The molecule has 110 valence electrons. The molecule has 0 spiro atoms. The maximum atomic E-state index is 12.3. The Balaban J connectivity index is 1.73. The molecular weight excluding hydrogens is 302 g/mol. The van der Waals surface area contributed by atoms with Crippen molar-refractivity contribution in [2.45, 2.75) is 5.25 Å². The minimum atomic E-state index is -0.200. The second-order valence-corrected chi connectivity index (χ2v) is 7.52. The molecule has 2 N–H and O–H groups in total. The van der Waals surface area contributed by atoms with E-state index in [2.05, 4.69) is 5.32 Å². The average molecular weight is 319 g/mol. The zero-order chi connectivity index (χ0) is 14.7. The van der Waals surface area contributed by atoms with Gasteiger partial charge in [-0.3, -0.25) is 4.79 Å². The van der Waals surface area contributed by atoms with Crippen molar-refractivity contribution in [1.29, 1.82) is 0 Å². The Morgan fingerprint density at radius 3 is 2.90 bits per heavy atom. The highest BCUT2D eigenvalue weighted by molar-refractivity contribution is 8.06. The number of hydrogen-bond donors (Lipinski definition) is 2. The van der Waals surface area contributed by atoms with E-state index in [-0.39, 0.29) is 11.7 Å². The molecule has 0 bridgehead atoms. The molecule has 1 atom stereocenters. The highest BCUT2D eigenvalue weighted by Gasteiger charge is 2.18. The molecule has 2 aromatic carbocycles. The minimum Gasteiger partial charge on any atom is -0.506 e. The highest BCUT2D eigenvalue weighted by Crippen LogP contribution is 2.28. The first-order chi connectivity index (χ1) is 10.3. The lowest BCUT2D eigenvalue weighted by Gasteiger charge is -2.21. The molecule has 1 saturated heterocycles. The molecule has 1 aliphatic rings. The number of rotatable bonds is 3. The third-order valence-electron chi connectivity index (χ3n) is 3.52. The van der Waals surface area contributed by atoms with Crippen LogP contribution in [0.4, 0.5) is 0 Å². The fourth-order valence-electron chi connectivity index (χ4n) is 2.39. The molecule has 1 heterocycles. The largest absolute Gasteiger partial charge is 0.506 e. The van der Waals surface area contributed by atoms with Crippen LogP contribution in [0.2, 0.25) is 0 Å². The van der Waals surface area contributed by atoms with E-state index in [9.17, 15) is 9.90 Å². The molecular formula is C16H17NO2S2. The topological polar surface area (TPSA) is 49.3 Å². The van der Waals surface area contributed by atoms with Crippen LogP contribution in [-0.2, 0) is 0 Å². The summed E-state index contributed by atoms with van der Waals surface area (Å²) >= 11 is 3.84. The van der Waals surface area contributed by atoms with Crippen molar-refractivity contribution in [2.75, 3.05) is 23.8 Å². The Hall–Kier alpha value is -1.33. The van der Waals surface area contributed by atoms with Crippen molar-refractivity contribution < 1.29 is 9.90 Å². The first kappa shape index (κ1) is 14.6. The summed E-state index contributed by atoms with van der Waals surface area (Å²) in [6.07, 6.45) is 0. The van der Waals surface area contributed by atoms with Crippen molar-refractivity contribution in [3.63, 3.8) is 0 Å². The van der Waals surface area contributed by atoms with E-state index >= 15 is 0 Å². The van der Waals surface area contributed by atoms with Crippen LogP contribution in [-0.4, -0.2) is 40.1 Å². The number of thioether (sulfide) groups is 2. The van der Waals surface area contributed by atoms with Crippen molar-refractivity contribution in [2.24, 2.45) is 0 Å². The van der Waals surface area contributed by atoms with Crippen molar-refractivity contribution in [3.05, 3.63) is 42.0 Å². The lowest BCUT2D eigenvalue weighted by molar-refractivity contribution is 0.0952.